The molecule has 0 radical (unpaired) electrons. The van der Waals surface area contributed by atoms with Crippen LogP contribution in [0.5, 0.6) is 0 Å². The lowest BCUT2D eigenvalue weighted by Crippen LogP contribution is -2.42. The van der Waals surface area contributed by atoms with E-state index in [4.69, 9.17) is 4.98 Å². The lowest BCUT2D eigenvalue weighted by atomic mass is 9.88. The number of amides is 1. The number of fused-ring (bicyclic) bond motifs is 2. The number of rotatable bonds is 5. The van der Waals surface area contributed by atoms with Crippen molar-refractivity contribution in [2.45, 2.75) is 51.3 Å². The number of sulfonamides is 1. The molecular formula is C30H33N3O3S3. The van der Waals surface area contributed by atoms with Crippen LogP contribution in [-0.4, -0.2) is 36.7 Å². The summed E-state index contributed by atoms with van der Waals surface area (Å²) in [5.41, 5.74) is 3.75. The van der Waals surface area contributed by atoms with Gasteiger partial charge in [0.05, 0.1) is 15.1 Å². The SMILES string of the molecule is CC1CCc2c(sc(NC(=O)c3ccc(S(=O)(=O)N4CC(C)CC(C)C4)cc3)c2-c2nc3ccccc3s2)C1. The quantitative estimate of drug-likeness (QED) is 0.274. The van der Waals surface area contributed by atoms with E-state index in [9.17, 15) is 13.2 Å². The zero-order valence-corrected chi connectivity index (χ0v) is 24.9. The Balaban J connectivity index is 1.28. The summed E-state index contributed by atoms with van der Waals surface area (Å²) >= 11 is 3.31. The van der Waals surface area contributed by atoms with Crippen LogP contribution in [0.3, 0.4) is 0 Å². The Hall–Kier alpha value is -2.59. The van der Waals surface area contributed by atoms with E-state index < -0.39 is 10.0 Å². The maximum absolute atomic E-state index is 13.4. The predicted molar refractivity (Wildman–Crippen MR) is 160 cm³/mol. The first-order valence-corrected chi connectivity index (χ1v) is 16.7. The van der Waals surface area contributed by atoms with Gasteiger partial charge in [0, 0.05) is 29.1 Å². The second-order valence-corrected chi connectivity index (χ2v) is 15.4. The number of nitrogens with zero attached hydrogens (tertiary/aromatic N) is 2. The first kappa shape index (κ1) is 26.6. The highest BCUT2D eigenvalue weighted by molar-refractivity contribution is 7.89. The molecule has 0 spiro atoms. The van der Waals surface area contributed by atoms with Crippen LogP contribution in [0.1, 0.15) is 54.4 Å². The number of hydrogen-bond acceptors (Lipinski definition) is 6. The first-order valence-electron chi connectivity index (χ1n) is 13.6. The smallest absolute Gasteiger partial charge is 0.256 e. The van der Waals surface area contributed by atoms with E-state index in [2.05, 4.69) is 32.2 Å². The number of carbonyl (C=O) groups is 1. The predicted octanol–water partition coefficient (Wildman–Crippen LogP) is 7.07. The van der Waals surface area contributed by atoms with E-state index in [1.165, 1.54) is 10.4 Å². The molecule has 1 N–H and O–H groups in total. The number of aromatic nitrogens is 1. The average molecular weight is 580 g/mol. The number of para-hydroxylation sites is 1. The number of anilines is 1. The highest BCUT2D eigenvalue weighted by Crippen LogP contribution is 2.47. The van der Waals surface area contributed by atoms with Crippen LogP contribution in [0.2, 0.25) is 0 Å². The largest absolute Gasteiger partial charge is 0.313 e. The third-order valence-corrected chi connectivity index (χ3v) is 11.9. The molecule has 1 aliphatic carbocycles. The number of nitrogens with one attached hydrogen (secondary N) is 1. The summed E-state index contributed by atoms with van der Waals surface area (Å²) in [6, 6.07) is 14.5. The molecule has 3 atom stereocenters. The zero-order valence-electron chi connectivity index (χ0n) is 22.4. The van der Waals surface area contributed by atoms with Crippen molar-refractivity contribution in [3.8, 4) is 10.6 Å². The normalized spacial score (nSPS) is 22.1. The average Bonchev–Trinajstić information content (AvgIpc) is 3.48. The second-order valence-electron chi connectivity index (χ2n) is 11.3. The van der Waals surface area contributed by atoms with E-state index in [0.29, 0.717) is 36.4 Å². The molecule has 204 valence electrons. The number of thiazole rings is 1. The van der Waals surface area contributed by atoms with Gasteiger partial charge < -0.3 is 5.32 Å². The van der Waals surface area contributed by atoms with Gasteiger partial charge in [-0.05, 0) is 85.4 Å². The van der Waals surface area contributed by atoms with Gasteiger partial charge in [0.1, 0.15) is 10.0 Å². The van der Waals surface area contributed by atoms with Crippen molar-refractivity contribution in [1.82, 2.24) is 9.29 Å². The van der Waals surface area contributed by atoms with E-state index in [1.54, 1.807) is 51.2 Å². The minimum Gasteiger partial charge on any atom is -0.313 e. The summed E-state index contributed by atoms with van der Waals surface area (Å²) in [5, 5.41) is 4.92. The number of carbonyl (C=O) groups excluding carboxylic acids is 1. The third kappa shape index (κ3) is 5.17. The maximum Gasteiger partial charge on any atom is 0.256 e. The lowest BCUT2D eigenvalue weighted by Gasteiger charge is -2.34. The Morgan fingerprint density at radius 2 is 1.69 bits per heavy atom. The van der Waals surface area contributed by atoms with Crippen molar-refractivity contribution >= 4 is 53.8 Å². The van der Waals surface area contributed by atoms with Crippen molar-refractivity contribution in [1.29, 1.82) is 0 Å². The Kier molecular flexibility index (Phi) is 7.12. The molecule has 6 rings (SSSR count). The Morgan fingerprint density at radius 3 is 2.41 bits per heavy atom. The molecular weight excluding hydrogens is 547 g/mol. The van der Waals surface area contributed by atoms with Crippen LogP contribution in [0.25, 0.3) is 20.8 Å². The highest BCUT2D eigenvalue weighted by Gasteiger charge is 2.32. The van der Waals surface area contributed by atoms with Gasteiger partial charge in [-0.2, -0.15) is 4.31 Å². The molecule has 4 aromatic rings. The van der Waals surface area contributed by atoms with Gasteiger partial charge in [-0.25, -0.2) is 13.4 Å². The molecule has 1 fully saturated rings. The molecule has 2 aromatic carbocycles. The van der Waals surface area contributed by atoms with Gasteiger partial charge in [-0.3, -0.25) is 4.79 Å². The van der Waals surface area contributed by atoms with Crippen molar-refractivity contribution in [3.05, 3.63) is 64.5 Å². The molecule has 2 aliphatic rings. The van der Waals surface area contributed by atoms with Gasteiger partial charge in [0.2, 0.25) is 10.0 Å². The van der Waals surface area contributed by atoms with Crippen LogP contribution in [-0.2, 0) is 22.9 Å². The van der Waals surface area contributed by atoms with Gasteiger partial charge in [-0.1, -0.05) is 32.9 Å². The number of thiophene rings is 1. The van der Waals surface area contributed by atoms with E-state index >= 15 is 0 Å². The van der Waals surface area contributed by atoms with Crippen LogP contribution in [0.15, 0.2) is 53.4 Å². The fourth-order valence-corrected chi connectivity index (χ4v) is 10.1. The molecule has 3 unspecified atom stereocenters. The standard InChI is InChI=1S/C30H33N3O3S3/c1-18-8-13-23-26(15-18)38-30(27(23)29-31-24-6-4-5-7-25(24)37-29)32-28(34)21-9-11-22(12-10-21)39(35,36)33-16-19(2)14-20(3)17-33/h4-7,9-12,18-20H,8,13-17H2,1-3H3,(H,32,34). The molecule has 1 amide bonds. The summed E-state index contributed by atoms with van der Waals surface area (Å²) in [4.78, 5) is 19.9. The summed E-state index contributed by atoms with van der Waals surface area (Å²) in [7, 11) is -3.60. The molecule has 0 saturated carbocycles. The Labute approximate surface area is 238 Å². The van der Waals surface area contributed by atoms with E-state index in [0.717, 1.165) is 51.5 Å². The summed E-state index contributed by atoms with van der Waals surface area (Å²) in [5.74, 6) is 1.03. The molecule has 1 aliphatic heterocycles. The molecule has 1 saturated heterocycles. The molecule has 6 nitrogen and oxygen atoms in total. The Morgan fingerprint density at radius 1 is 0.974 bits per heavy atom. The van der Waals surface area contributed by atoms with Gasteiger partial charge in [0.25, 0.3) is 5.91 Å². The van der Waals surface area contributed by atoms with Crippen LogP contribution in [0.4, 0.5) is 5.00 Å². The number of hydrogen-bond donors (Lipinski definition) is 1. The molecule has 0 bridgehead atoms. The monoisotopic (exact) mass is 579 g/mol. The molecule has 3 heterocycles. The zero-order chi connectivity index (χ0) is 27.3. The lowest BCUT2D eigenvalue weighted by molar-refractivity contribution is 0.102. The highest BCUT2D eigenvalue weighted by atomic mass is 32.2. The minimum absolute atomic E-state index is 0.232. The van der Waals surface area contributed by atoms with E-state index in [-0.39, 0.29) is 10.8 Å². The van der Waals surface area contributed by atoms with Crippen molar-refractivity contribution in [2.75, 3.05) is 18.4 Å². The summed E-state index contributed by atoms with van der Waals surface area (Å²) in [6.07, 6.45) is 4.15. The van der Waals surface area contributed by atoms with Crippen LogP contribution >= 0.6 is 22.7 Å². The topological polar surface area (TPSA) is 79.4 Å². The third-order valence-electron chi connectivity index (χ3n) is 7.84. The van der Waals surface area contributed by atoms with Crippen LogP contribution in [0, 0.1) is 17.8 Å². The molecule has 39 heavy (non-hydrogen) atoms. The van der Waals surface area contributed by atoms with Crippen molar-refractivity contribution < 1.29 is 13.2 Å². The fourth-order valence-electron chi connectivity index (χ4n) is 5.95. The summed E-state index contributed by atoms with van der Waals surface area (Å²) < 4.78 is 29.3. The van der Waals surface area contributed by atoms with E-state index in [1.807, 2.05) is 18.2 Å². The second kappa shape index (κ2) is 10.4. The number of piperidine rings is 1. The van der Waals surface area contributed by atoms with Gasteiger partial charge >= 0.3 is 0 Å². The minimum atomic E-state index is -3.60. The molecule has 2 aromatic heterocycles. The fraction of sp³-hybridized carbons (Fsp3) is 0.400. The van der Waals surface area contributed by atoms with Crippen LogP contribution < -0.4 is 5.32 Å². The molecule has 9 heteroatoms. The van der Waals surface area contributed by atoms with Gasteiger partial charge in [-0.15, -0.1) is 22.7 Å². The van der Waals surface area contributed by atoms with Crippen molar-refractivity contribution in [2.24, 2.45) is 17.8 Å². The maximum atomic E-state index is 13.4. The summed E-state index contributed by atoms with van der Waals surface area (Å²) in [6.45, 7) is 7.53. The van der Waals surface area contributed by atoms with Gasteiger partial charge in [0.15, 0.2) is 0 Å². The Bertz CT molecular complexity index is 1600. The number of benzene rings is 2. The van der Waals surface area contributed by atoms with Crippen molar-refractivity contribution in [3.63, 3.8) is 0 Å². The first-order chi connectivity index (χ1) is 18.7.